The molecule has 4 nitrogen and oxygen atoms in total. The molecule has 104 valence electrons. The topological polar surface area (TPSA) is 64.3 Å². The second-order valence-corrected chi connectivity index (χ2v) is 5.22. The van der Waals surface area contributed by atoms with Gasteiger partial charge in [0.15, 0.2) is 0 Å². The van der Waals surface area contributed by atoms with E-state index in [-0.39, 0.29) is 12.0 Å². The van der Waals surface area contributed by atoms with Crippen LogP contribution >= 0.6 is 11.6 Å². The van der Waals surface area contributed by atoms with Crippen molar-refractivity contribution in [3.63, 3.8) is 0 Å². The van der Waals surface area contributed by atoms with Crippen LogP contribution < -0.4 is 11.1 Å². The van der Waals surface area contributed by atoms with Crippen LogP contribution in [0, 0.1) is 5.92 Å². The Kier molecular flexibility index (Phi) is 4.66. The summed E-state index contributed by atoms with van der Waals surface area (Å²) >= 11 is 6.00. The summed E-state index contributed by atoms with van der Waals surface area (Å²) in [4.78, 5) is 12.1. The molecule has 1 fully saturated rings. The normalized spacial score (nSPS) is 22.4. The van der Waals surface area contributed by atoms with Crippen LogP contribution in [0.2, 0.25) is 5.02 Å². The molecule has 2 rings (SSSR count). The van der Waals surface area contributed by atoms with Crippen LogP contribution in [0.15, 0.2) is 18.2 Å². The molecule has 5 heteroatoms. The number of carbonyl (C=O) groups excluding carboxylic acids is 1. The Hall–Kier alpha value is -1.26. The first-order valence-electron chi connectivity index (χ1n) is 6.56. The third-order valence-electron chi connectivity index (χ3n) is 3.51. The molecule has 3 N–H and O–H groups in total. The van der Waals surface area contributed by atoms with Gasteiger partial charge in [-0.1, -0.05) is 18.5 Å². The number of nitrogens with two attached hydrogens (primary N) is 1. The first kappa shape index (κ1) is 14.2. The van der Waals surface area contributed by atoms with E-state index >= 15 is 0 Å². The number of rotatable bonds is 4. The molecular weight excluding hydrogens is 264 g/mol. The molecule has 1 aromatic rings. The molecule has 2 atom stereocenters. The molecule has 1 aliphatic rings. The second kappa shape index (κ2) is 6.26. The van der Waals surface area contributed by atoms with Crippen molar-refractivity contribution in [1.82, 2.24) is 5.32 Å². The van der Waals surface area contributed by atoms with Gasteiger partial charge in [0.05, 0.1) is 16.7 Å². The molecule has 0 radical (unpaired) electrons. The number of hydrogen-bond acceptors (Lipinski definition) is 3. The number of amides is 1. The van der Waals surface area contributed by atoms with Crippen molar-refractivity contribution >= 4 is 23.2 Å². The minimum absolute atomic E-state index is 0.181. The largest absolute Gasteiger partial charge is 0.399 e. The first-order valence-corrected chi connectivity index (χ1v) is 6.94. The third-order valence-corrected chi connectivity index (χ3v) is 3.84. The smallest absolute Gasteiger partial charge is 0.252 e. The van der Waals surface area contributed by atoms with Gasteiger partial charge in [0.2, 0.25) is 0 Å². The lowest BCUT2D eigenvalue weighted by Crippen LogP contribution is -2.32. The molecule has 1 aliphatic heterocycles. The van der Waals surface area contributed by atoms with E-state index in [4.69, 9.17) is 22.1 Å². The Labute approximate surface area is 118 Å². The predicted molar refractivity (Wildman–Crippen MR) is 76.3 cm³/mol. The lowest BCUT2D eigenvalue weighted by atomic mass is 9.99. The zero-order valence-corrected chi connectivity index (χ0v) is 11.7. The second-order valence-electron chi connectivity index (χ2n) is 4.82. The first-order chi connectivity index (χ1) is 9.11. The maximum atomic E-state index is 12.1. The molecule has 0 aromatic heterocycles. The monoisotopic (exact) mass is 282 g/mol. The van der Waals surface area contributed by atoms with E-state index in [0.29, 0.717) is 28.7 Å². The highest BCUT2D eigenvalue weighted by atomic mass is 35.5. The van der Waals surface area contributed by atoms with Crippen molar-refractivity contribution in [3.8, 4) is 0 Å². The zero-order chi connectivity index (χ0) is 13.8. The summed E-state index contributed by atoms with van der Waals surface area (Å²) in [6.45, 7) is 3.49. The molecule has 0 bridgehead atoms. The van der Waals surface area contributed by atoms with Crippen LogP contribution in [0.3, 0.4) is 0 Å². The number of anilines is 1. The van der Waals surface area contributed by atoms with E-state index in [9.17, 15) is 4.79 Å². The predicted octanol–water partition coefficient (Wildman–Crippen LogP) is 2.47. The fourth-order valence-electron chi connectivity index (χ4n) is 2.41. The van der Waals surface area contributed by atoms with Crippen molar-refractivity contribution in [2.45, 2.75) is 25.9 Å². The average molecular weight is 283 g/mol. The maximum Gasteiger partial charge on any atom is 0.252 e. The molecule has 1 amide bonds. The Balaban J connectivity index is 1.96. The Morgan fingerprint density at radius 2 is 2.37 bits per heavy atom. The summed E-state index contributed by atoms with van der Waals surface area (Å²) in [5, 5.41) is 3.33. The van der Waals surface area contributed by atoms with Gasteiger partial charge in [-0.15, -0.1) is 0 Å². The van der Waals surface area contributed by atoms with Crippen LogP contribution in [0.25, 0.3) is 0 Å². The minimum atomic E-state index is -0.181. The highest BCUT2D eigenvalue weighted by Gasteiger charge is 2.27. The fourth-order valence-corrected chi connectivity index (χ4v) is 2.62. The number of nitrogens with one attached hydrogen (secondary N) is 1. The summed E-state index contributed by atoms with van der Waals surface area (Å²) in [5.74, 6) is 0.202. The number of ether oxygens (including phenoxy) is 1. The van der Waals surface area contributed by atoms with Crippen molar-refractivity contribution in [1.29, 1.82) is 0 Å². The quantitative estimate of drug-likeness (QED) is 0.834. The number of nitrogen functional groups attached to an aromatic ring is 1. The average Bonchev–Trinajstić information content (AvgIpc) is 2.86. The van der Waals surface area contributed by atoms with E-state index < -0.39 is 0 Å². The fraction of sp³-hybridized carbons (Fsp3) is 0.500. The van der Waals surface area contributed by atoms with Gasteiger partial charge in [-0.05, 0) is 31.0 Å². The van der Waals surface area contributed by atoms with E-state index in [0.717, 1.165) is 19.4 Å². The van der Waals surface area contributed by atoms with E-state index in [1.165, 1.54) is 0 Å². The molecule has 0 aliphatic carbocycles. The molecule has 0 spiro atoms. The molecule has 19 heavy (non-hydrogen) atoms. The van der Waals surface area contributed by atoms with Gasteiger partial charge < -0.3 is 15.8 Å². The molecule has 1 aromatic carbocycles. The highest BCUT2D eigenvalue weighted by Crippen LogP contribution is 2.23. The Morgan fingerprint density at radius 1 is 1.58 bits per heavy atom. The number of halogens is 1. The summed E-state index contributed by atoms with van der Waals surface area (Å²) < 4.78 is 5.60. The molecular formula is C14H19ClN2O2. The standard InChI is InChI=1S/C14H19ClN2O2/c1-2-13-9(5-6-19-13)8-17-14(18)11-7-10(16)3-4-12(11)15/h3-4,7,9,13H,2,5-6,8,16H2,1H3,(H,17,18). The van der Waals surface area contributed by atoms with Gasteiger partial charge in [-0.2, -0.15) is 0 Å². The van der Waals surface area contributed by atoms with Crippen molar-refractivity contribution in [2.24, 2.45) is 5.92 Å². The van der Waals surface area contributed by atoms with Crippen molar-refractivity contribution in [2.75, 3.05) is 18.9 Å². The zero-order valence-electron chi connectivity index (χ0n) is 11.0. The van der Waals surface area contributed by atoms with Gasteiger partial charge in [-0.3, -0.25) is 4.79 Å². The van der Waals surface area contributed by atoms with Gasteiger partial charge in [0, 0.05) is 24.8 Å². The molecule has 1 saturated heterocycles. The lowest BCUT2D eigenvalue weighted by Gasteiger charge is -2.17. The molecule has 2 unspecified atom stereocenters. The number of benzene rings is 1. The number of hydrogen-bond donors (Lipinski definition) is 2. The molecule has 0 saturated carbocycles. The summed E-state index contributed by atoms with van der Waals surface area (Å²) in [5.41, 5.74) is 6.63. The van der Waals surface area contributed by atoms with Crippen molar-refractivity contribution in [3.05, 3.63) is 28.8 Å². The lowest BCUT2D eigenvalue weighted by molar-refractivity contribution is 0.0827. The van der Waals surface area contributed by atoms with Crippen molar-refractivity contribution < 1.29 is 9.53 Å². The van der Waals surface area contributed by atoms with Gasteiger partial charge in [-0.25, -0.2) is 0 Å². The maximum absolute atomic E-state index is 12.1. The van der Waals surface area contributed by atoms with Crippen LogP contribution in [0.5, 0.6) is 0 Å². The van der Waals surface area contributed by atoms with Gasteiger partial charge in [0.25, 0.3) is 5.91 Å². The summed E-state index contributed by atoms with van der Waals surface area (Å²) in [6.07, 6.45) is 2.21. The van der Waals surface area contributed by atoms with E-state index in [2.05, 4.69) is 12.2 Å². The third kappa shape index (κ3) is 3.39. The van der Waals surface area contributed by atoms with Crippen LogP contribution in [0.4, 0.5) is 5.69 Å². The van der Waals surface area contributed by atoms with Crippen LogP contribution in [0.1, 0.15) is 30.1 Å². The highest BCUT2D eigenvalue weighted by molar-refractivity contribution is 6.34. The van der Waals surface area contributed by atoms with E-state index in [1.54, 1.807) is 18.2 Å². The van der Waals surface area contributed by atoms with Crippen LogP contribution in [-0.2, 0) is 4.74 Å². The van der Waals surface area contributed by atoms with Gasteiger partial charge >= 0.3 is 0 Å². The van der Waals surface area contributed by atoms with E-state index in [1.807, 2.05) is 0 Å². The van der Waals surface area contributed by atoms with Gasteiger partial charge in [0.1, 0.15) is 0 Å². The van der Waals surface area contributed by atoms with Crippen LogP contribution in [-0.4, -0.2) is 25.2 Å². The Bertz CT molecular complexity index is 465. The summed E-state index contributed by atoms with van der Waals surface area (Å²) in [6, 6.07) is 4.91. The Morgan fingerprint density at radius 3 is 3.11 bits per heavy atom. The number of carbonyl (C=O) groups is 1. The SMILES string of the molecule is CCC1OCCC1CNC(=O)c1cc(N)ccc1Cl. The molecule has 1 heterocycles. The summed E-state index contributed by atoms with van der Waals surface area (Å²) in [7, 11) is 0. The minimum Gasteiger partial charge on any atom is -0.399 e.